The first kappa shape index (κ1) is 14.3. The Morgan fingerprint density at radius 3 is 2.52 bits per heavy atom. The predicted octanol–water partition coefficient (Wildman–Crippen LogP) is 1.33. The molecule has 0 bridgehead atoms. The number of aromatic nitrogens is 1. The van der Waals surface area contributed by atoms with Gasteiger partial charge in [-0.3, -0.25) is 9.69 Å². The summed E-state index contributed by atoms with van der Waals surface area (Å²) >= 11 is 0. The SMILES string of the molecule is Cc1cc(C(N)=O)c(N2CCN(CC3CC3)CC2)nc1C. The molecule has 5 heteroatoms. The molecule has 2 fully saturated rings. The molecule has 2 aliphatic rings. The average molecular weight is 288 g/mol. The molecule has 0 unspecified atom stereocenters. The van der Waals surface area contributed by atoms with Crippen molar-refractivity contribution in [3.05, 3.63) is 22.9 Å². The van der Waals surface area contributed by atoms with Crippen LogP contribution in [0.2, 0.25) is 0 Å². The minimum Gasteiger partial charge on any atom is -0.365 e. The van der Waals surface area contributed by atoms with Gasteiger partial charge in [-0.1, -0.05) is 0 Å². The largest absolute Gasteiger partial charge is 0.365 e. The maximum Gasteiger partial charge on any atom is 0.252 e. The lowest BCUT2D eigenvalue weighted by molar-refractivity contribution is 0.1000. The van der Waals surface area contributed by atoms with Crippen molar-refractivity contribution in [1.29, 1.82) is 0 Å². The van der Waals surface area contributed by atoms with Crippen molar-refractivity contribution in [2.75, 3.05) is 37.6 Å². The third-order valence-electron chi connectivity index (χ3n) is 4.60. The number of aryl methyl sites for hydroxylation is 2. The molecule has 0 atom stereocenters. The summed E-state index contributed by atoms with van der Waals surface area (Å²) in [7, 11) is 0. The molecule has 5 nitrogen and oxygen atoms in total. The molecule has 1 saturated carbocycles. The topological polar surface area (TPSA) is 62.5 Å². The van der Waals surface area contributed by atoms with E-state index in [1.54, 1.807) is 0 Å². The van der Waals surface area contributed by atoms with Gasteiger partial charge < -0.3 is 10.6 Å². The number of carbonyl (C=O) groups is 1. The summed E-state index contributed by atoms with van der Waals surface area (Å²) in [5, 5.41) is 0. The van der Waals surface area contributed by atoms with Crippen LogP contribution in [0.3, 0.4) is 0 Å². The van der Waals surface area contributed by atoms with E-state index in [0.717, 1.165) is 49.2 Å². The lowest BCUT2D eigenvalue weighted by atomic mass is 10.1. The molecule has 2 heterocycles. The van der Waals surface area contributed by atoms with Crippen molar-refractivity contribution in [1.82, 2.24) is 9.88 Å². The molecule has 3 rings (SSSR count). The van der Waals surface area contributed by atoms with E-state index in [4.69, 9.17) is 5.73 Å². The highest BCUT2D eigenvalue weighted by atomic mass is 16.1. The van der Waals surface area contributed by atoms with Gasteiger partial charge in [0.25, 0.3) is 5.91 Å². The zero-order chi connectivity index (χ0) is 15.0. The van der Waals surface area contributed by atoms with E-state index in [9.17, 15) is 4.79 Å². The van der Waals surface area contributed by atoms with Crippen LogP contribution < -0.4 is 10.6 Å². The number of anilines is 1. The standard InChI is InChI=1S/C16H24N4O/c1-11-9-14(15(17)21)16(18-12(11)2)20-7-5-19(6-8-20)10-13-3-4-13/h9,13H,3-8,10H2,1-2H3,(H2,17,21). The smallest absolute Gasteiger partial charge is 0.252 e. The number of amides is 1. The Kier molecular flexibility index (Phi) is 3.85. The van der Waals surface area contributed by atoms with E-state index in [1.807, 2.05) is 19.9 Å². The summed E-state index contributed by atoms with van der Waals surface area (Å²) in [6.45, 7) is 9.10. The molecule has 1 aromatic rings. The van der Waals surface area contributed by atoms with Crippen molar-refractivity contribution >= 4 is 11.7 Å². The summed E-state index contributed by atoms with van der Waals surface area (Å²) in [5.41, 5.74) is 8.06. The molecule has 0 spiro atoms. The van der Waals surface area contributed by atoms with E-state index in [2.05, 4.69) is 14.8 Å². The van der Waals surface area contributed by atoms with Crippen molar-refractivity contribution in [3.8, 4) is 0 Å². The number of hydrogen-bond acceptors (Lipinski definition) is 4. The van der Waals surface area contributed by atoms with Crippen molar-refractivity contribution in [2.45, 2.75) is 26.7 Å². The molecule has 21 heavy (non-hydrogen) atoms. The summed E-state index contributed by atoms with van der Waals surface area (Å²) < 4.78 is 0. The van der Waals surface area contributed by atoms with Gasteiger partial charge in [0, 0.05) is 38.4 Å². The van der Waals surface area contributed by atoms with Gasteiger partial charge >= 0.3 is 0 Å². The Balaban J connectivity index is 1.74. The molecule has 1 amide bonds. The van der Waals surface area contributed by atoms with Crippen LogP contribution in [0.25, 0.3) is 0 Å². The number of pyridine rings is 1. The number of piperazine rings is 1. The number of carbonyl (C=O) groups excluding carboxylic acids is 1. The third-order valence-corrected chi connectivity index (χ3v) is 4.60. The first-order valence-electron chi connectivity index (χ1n) is 7.80. The van der Waals surface area contributed by atoms with Crippen molar-refractivity contribution < 1.29 is 4.79 Å². The van der Waals surface area contributed by atoms with Crippen LogP contribution in [0.4, 0.5) is 5.82 Å². The van der Waals surface area contributed by atoms with Crippen LogP contribution in [0, 0.1) is 19.8 Å². The van der Waals surface area contributed by atoms with E-state index in [0.29, 0.717) is 5.56 Å². The van der Waals surface area contributed by atoms with E-state index in [1.165, 1.54) is 19.4 Å². The molecular weight excluding hydrogens is 264 g/mol. The van der Waals surface area contributed by atoms with Crippen molar-refractivity contribution in [2.24, 2.45) is 11.7 Å². The Morgan fingerprint density at radius 2 is 1.95 bits per heavy atom. The van der Waals surface area contributed by atoms with Gasteiger partial charge in [0.2, 0.25) is 0 Å². The molecule has 1 aliphatic heterocycles. The number of rotatable bonds is 4. The molecule has 2 N–H and O–H groups in total. The quantitative estimate of drug-likeness (QED) is 0.908. The van der Waals surface area contributed by atoms with Gasteiger partial charge in [0.15, 0.2) is 0 Å². The van der Waals surface area contributed by atoms with Crippen molar-refractivity contribution in [3.63, 3.8) is 0 Å². The van der Waals surface area contributed by atoms with E-state index >= 15 is 0 Å². The minimum absolute atomic E-state index is 0.388. The first-order chi connectivity index (χ1) is 10.0. The van der Waals surface area contributed by atoms with Gasteiger partial charge in [0.05, 0.1) is 5.56 Å². The van der Waals surface area contributed by atoms with Gasteiger partial charge in [0.1, 0.15) is 5.82 Å². The Hall–Kier alpha value is -1.62. The van der Waals surface area contributed by atoms with E-state index < -0.39 is 0 Å². The second kappa shape index (κ2) is 5.64. The second-order valence-electron chi connectivity index (χ2n) is 6.36. The molecular formula is C16H24N4O. The van der Waals surface area contributed by atoms with E-state index in [-0.39, 0.29) is 5.91 Å². The molecule has 0 aromatic carbocycles. The van der Waals surface area contributed by atoms with Crippen LogP contribution in [0.5, 0.6) is 0 Å². The van der Waals surface area contributed by atoms with Crippen LogP contribution in [-0.2, 0) is 0 Å². The Bertz CT molecular complexity index is 545. The molecule has 1 aromatic heterocycles. The summed E-state index contributed by atoms with van der Waals surface area (Å²) in [6, 6.07) is 1.87. The summed E-state index contributed by atoms with van der Waals surface area (Å²) in [6.07, 6.45) is 2.79. The fraction of sp³-hybridized carbons (Fsp3) is 0.625. The number of nitrogens with two attached hydrogens (primary N) is 1. The second-order valence-corrected chi connectivity index (χ2v) is 6.36. The normalized spacial score (nSPS) is 19.8. The minimum atomic E-state index is -0.388. The predicted molar refractivity (Wildman–Crippen MR) is 83.6 cm³/mol. The fourth-order valence-corrected chi connectivity index (χ4v) is 2.92. The molecule has 114 valence electrons. The van der Waals surface area contributed by atoms with Crippen LogP contribution in [0.15, 0.2) is 6.07 Å². The average Bonchev–Trinajstić information content (AvgIpc) is 3.26. The number of primary amides is 1. The highest BCUT2D eigenvalue weighted by molar-refractivity contribution is 5.98. The maximum absolute atomic E-state index is 11.7. The zero-order valence-electron chi connectivity index (χ0n) is 12.9. The van der Waals surface area contributed by atoms with Gasteiger partial charge in [-0.15, -0.1) is 0 Å². The maximum atomic E-state index is 11.7. The van der Waals surface area contributed by atoms with Crippen LogP contribution in [0.1, 0.15) is 34.5 Å². The van der Waals surface area contributed by atoms with Gasteiger partial charge in [-0.05, 0) is 44.2 Å². The third kappa shape index (κ3) is 3.18. The monoisotopic (exact) mass is 288 g/mol. The highest BCUT2D eigenvalue weighted by Crippen LogP contribution is 2.30. The molecule has 1 saturated heterocycles. The molecule has 1 aliphatic carbocycles. The Morgan fingerprint density at radius 1 is 1.29 bits per heavy atom. The zero-order valence-corrected chi connectivity index (χ0v) is 12.9. The number of hydrogen-bond donors (Lipinski definition) is 1. The molecule has 0 radical (unpaired) electrons. The lowest BCUT2D eigenvalue weighted by Gasteiger charge is -2.36. The summed E-state index contributed by atoms with van der Waals surface area (Å²) in [4.78, 5) is 21.0. The summed E-state index contributed by atoms with van der Waals surface area (Å²) in [5.74, 6) is 1.30. The first-order valence-corrected chi connectivity index (χ1v) is 7.80. The Labute approximate surface area is 126 Å². The van der Waals surface area contributed by atoms with Gasteiger partial charge in [-0.25, -0.2) is 4.98 Å². The van der Waals surface area contributed by atoms with Gasteiger partial charge in [-0.2, -0.15) is 0 Å². The number of nitrogens with zero attached hydrogens (tertiary/aromatic N) is 3. The van der Waals surface area contributed by atoms with Crippen LogP contribution >= 0.6 is 0 Å². The fourth-order valence-electron chi connectivity index (χ4n) is 2.92. The lowest BCUT2D eigenvalue weighted by Crippen LogP contribution is -2.47. The van der Waals surface area contributed by atoms with Crippen LogP contribution in [-0.4, -0.2) is 48.5 Å². The highest BCUT2D eigenvalue weighted by Gasteiger charge is 2.27.